The molecule has 0 saturated heterocycles. The van der Waals surface area contributed by atoms with Gasteiger partial charge in [-0.25, -0.2) is 0 Å². The topological polar surface area (TPSA) is 41.5 Å². The zero-order valence-electron chi connectivity index (χ0n) is 12.9. The second-order valence-corrected chi connectivity index (χ2v) is 5.64. The van der Waals surface area contributed by atoms with Crippen LogP contribution in [0.15, 0.2) is 42.5 Å². The van der Waals surface area contributed by atoms with Gasteiger partial charge in [-0.1, -0.05) is 44.2 Å². The van der Waals surface area contributed by atoms with E-state index >= 15 is 0 Å². The maximum Gasteiger partial charge on any atom is 0.142 e. The average molecular weight is 285 g/mol. The zero-order chi connectivity index (χ0) is 15.2. The molecule has 0 radical (unpaired) electrons. The molecule has 0 aliphatic rings. The first-order valence-corrected chi connectivity index (χ1v) is 7.31. The summed E-state index contributed by atoms with van der Waals surface area (Å²) in [5.74, 6) is 1.68. The Morgan fingerprint density at radius 2 is 1.86 bits per heavy atom. The predicted octanol–water partition coefficient (Wildman–Crippen LogP) is 4.35. The number of hydrogen-bond donors (Lipinski definition) is 2. The van der Waals surface area contributed by atoms with Gasteiger partial charge in [-0.2, -0.15) is 0 Å². The predicted molar refractivity (Wildman–Crippen MR) is 86.9 cm³/mol. The summed E-state index contributed by atoms with van der Waals surface area (Å²) in [4.78, 5) is 0. The molecule has 2 rings (SSSR count). The number of phenols is 1. The number of anilines is 1. The Bertz CT molecular complexity index is 594. The van der Waals surface area contributed by atoms with E-state index < -0.39 is 0 Å². The van der Waals surface area contributed by atoms with Crippen molar-refractivity contribution in [3.05, 3.63) is 53.6 Å². The molecular formula is C18H23NO2. The molecule has 0 amide bonds. The van der Waals surface area contributed by atoms with Crippen LogP contribution >= 0.6 is 0 Å². The summed E-state index contributed by atoms with van der Waals surface area (Å²) in [6.45, 7) is 7.41. The number of para-hydroxylation sites is 3. The summed E-state index contributed by atoms with van der Waals surface area (Å²) >= 11 is 0. The summed E-state index contributed by atoms with van der Waals surface area (Å²) in [6.07, 6.45) is 0. The van der Waals surface area contributed by atoms with Gasteiger partial charge in [0.1, 0.15) is 11.5 Å². The molecule has 2 aromatic carbocycles. The first kappa shape index (κ1) is 15.2. The van der Waals surface area contributed by atoms with Crippen molar-refractivity contribution in [3.8, 4) is 11.5 Å². The summed E-state index contributed by atoms with van der Waals surface area (Å²) in [5.41, 5.74) is 2.71. The van der Waals surface area contributed by atoms with E-state index in [1.54, 1.807) is 0 Å². The maximum atomic E-state index is 10.0. The van der Waals surface area contributed by atoms with Crippen molar-refractivity contribution >= 4 is 5.69 Å². The van der Waals surface area contributed by atoms with E-state index in [1.807, 2.05) is 49.4 Å². The number of aromatic hydroxyl groups is 1. The van der Waals surface area contributed by atoms with Gasteiger partial charge in [0.15, 0.2) is 0 Å². The molecule has 0 atom stereocenters. The van der Waals surface area contributed by atoms with E-state index in [4.69, 9.17) is 4.74 Å². The number of rotatable bonds is 6. The molecule has 2 aromatic rings. The third kappa shape index (κ3) is 4.15. The molecule has 0 fully saturated rings. The zero-order valence-corrected chi connectivity index (χ0v) is 12.9. The lowest BCUT2D eigenvalue weighted by Gasteiger charge is -2.15. The van der Waals surface area contributed by atoms with Gasteiger partial charge in [-0.3, -0.25) is 0 Å². The Morgan fingerprint density at radius 3 is 2.62 bits per heavy atom. The smallest absolute Gasteiger partial charge is 0.142 e. The normalized spacial score (nSPS) is 10.7. The SMILES string of the molecule is Cc1cccc(CNc2ccccc2OCC(C)C)c1O. The number of benzene rings is 2. The van der Waals surface area contributed by atoms with E-state index in [0.29, 0.717) is 24.8 Å². The molecule has 3 nitrogen and oxygen atoms in total. The van der Waals surface area contributed by atoms with Crippen LogP contribution in [0.25, 0.3) is 0 Å². The monoisotopic (exact) mass is 285 g/mol. The van der Waals surface area contributed by atoms with E-state index in [-0.39, 0.29) is 0 Å². The minimum Gasteiger partial charge on any atom is -0.507 e. The maximum absolute atomic E-state index is 10.0. The quantitative estimate of drug-likeness (QED) is 0.829. The molecule has 112 valence electrons. The second-order valence-electron chi connectivity index (χ2n) is 5.64. The van der Waals surface area contributed by atoms with E-state index in [1.165, 1.54) is 0 Å². The number of aryl methyl sites for hydroxylation is 1. The van der Waals surface area contributed by atoms with E-state index in [0.717, 1.165) is 22.6 Å². The lowest BCUT2D eigenvalue weighted by Crippen LogP contribution is -2.07. The number of phenolic OH excluding ortho intramolecular Hbond substituents is 1. The van der Waals surface area contributed by atoms with E-state index in [2.05, 4.69) is 19.2 Å². The Balaban J connectivity index is 2.07. The van der Waals surface area contributed by atoms with Gasteiger partial charge < -0.3 is 15.2 Å². The van der Waals surface area contributed by atoms with Gasteiger partial charge in [0.2, 0.25) is 0 Å². The minimum absolute atomic E-state index is 0.352. The first-order valence-electron chi connectivity index (χ1n) is 7.31. The fraction of sp³-hybridized carbons (Fsp3) is 0.333. The highest BCUT2D eigenvalue weighted by Gasteiger charge is 2.07. The van der Waals surface area contributed by atoms with Crippen molar-refractivity contribution in [3.63, 3.8) is 0 Å². The van der Waals surface area contributed by atoms with Gasteiger partial charge in [-0.15, -0.1) is 0 Å². The first-order chi connectivity index (χ1) is 10.1. The molecule has 0 aliphatic heterocycles. The van der Waals surface area contributed by atoms with Crippen LogP contribution in [0.4, 0.5) is 5.69 Å². The lowest BCUT2D eigenvalue weighted by atomic mass is 10.1. The molecule has 0 saturated carbocycles. The fourth-order valence-electron chi connectivity index (χ4n) is 2.05. The molecule has 21 heavy (non-hydrogen) atoms. The summed E-state index contributed by atoms with van der Waals surface area (Å²) in [7, 11) is 0. The molecule has 3 heteroatoms. The Hall–Kier alpha value is -2.16. The van der Waals surface area contributed by atoms with Crippen molar-refractivity contribution in [2.24, 2.45) is 5.92 Å². The molecule has 0 bridgehead atoms. The largest absolute Gasteiger partial charge is 0.507 e. The average Bonchev–Trinajstić information content (AvgIpc) is 2.47. The van der Waals surface area contributed by atoms with Gasteiger partial charge in [0.25, 0.3) is 0 Å². The molecule has 0 heterocycles. The molecule has 0 aliphatic carbocycles. The van der Waals surface area contributed by atoms with Gasteiger partial charge in [-0.05, 0) is 30.5 Å². The summed E-state index contributed by atoms with van der Waals surface area (Å²) in [5, 5.41) is 13.4. The Kier molecular flexibility index (Phi) is 5.09. The Morgan fingerprint density at radius 1 is 1.10 bits per heavy atom. The van der Waals surface area contributed by atoms with Crippen LogP contribution in [0.3, 0.4) is 0 Å². The standard InChI is InChI=1S/C18H23NO2/c1-13(2)12-21-17-10-5-4-9-16(17)19-11-15-8-6-7-14(3)18(15)20/h4-10,13,19-20H,11-12H2,1-3H3. The van der Waals surface area contributed by atoms with Crippen molar-refractivity contribution < 1.29 is 9.84 Å². The lowest BCUT2D eigenvalue weighted by molar-refractivity contribution is 0.272. The third-order valence-corrected chi connectivity index (χ3v) is 3.25. The van der Waals surface area contributed by atoms with Crippen LogP contribution in [0, 0.1) is 12.8 Å². The minimum atomic E-state index is 0.352. The number of nitrogens with one attached hydrogen (secondary N) is 1. The highest BCUT2D eigenvalue weighted by molar-refractivity contribution is 5.57. The summed E-state index contributed by atoms with van der Waals surface area (Å²) < 4.78 is 5.82. The highest BCUT2D eigenvalue weighted by atomic mass is 16.5. The third-order valence-electron chi connectivity index (χ3n) is 3.25. The van der Waals surface area contributed by atoms with Crippen molar-refractivity contribution in [1.29, 1.82) is 0 Å². The second kappa shape index (κ2) is 7.02. The van der Waals surface area contributed by atoms with Crippen LogP contribution in [-0.2, 0) is 6.54 Å². The van der Waals surface area contributed by atoms with Crippen molar-refractivity contribution in [1.82, 2.24) is 0 Å². The van der Waals surface area contributed by atoms with Crippen molar-refractivity contribution in [2.75, 3.05) is 11.9 Å². The van der Waals surface area contributed by atoms with Crippen LogP contribution in [-0.4, -0.2) is 11.7 Å². The fourth-order valence-corrected chi connectivity index (χ4v) is 2.05. The molecular weight excluding hydrogens is 262 g/mol. The van der Waals surface area contributed by atoms with Crippen molar-refractivity contribution in [2.45, 2.75) is 27.3 Å². The molecule has 0 unspecified atom stereocenters. The molecule has 0 aromatic heterocycles. The van der Waals surface area contributed by atoms with Crippen LogP contribution in [0.1, 0.15) is 25.0 Å². The summed E-state index contributed by atoms with van der Waals surface area (Å²) in [6, 6.07) is 13.7. The molecule has 2 N–H and O–H groups in total. The number of ether oxygens (including phenoxy) is 1. The van der Waals surface area contributed by atoms with Crippen LogP contribution < -0.4 is 10.1 Å². The number of hydrogen-bond acceptors (Lipinski definition) is 3. The van der Waals surface area contributed by atoms with Gasteiger partial charge in [0.05, 0.1) is 12.3 Å². The van der Waals surface area contributed by atoms with Gasteiger partial charge in [0, 0.05) is 12.1 Å². The van der Waals surface area contributed by atoms with E-state index in [9.17, 15) is 5.11 Å². The molecule has 0 spiro atoms. The highest BCUT2D eigenvalue weighted by Crippen LogP contribution is 2.27. The van der Waals surface area contributed by atoms with Gasteiger partial charge >= 0.3 is 0 Å². The Labute approximate surface area is 126 Å². The van der Waals surface area contributed by atoms with Crippen LogP contribution in [0.5, 0.6) is 11.5 Å². The van der Waals surface area contributed by atoms with Crippen LogP contribution in [0.2, 0.25) is 0 Å².